The average molecular weight is 298 g/mol. The fraction of sp³-hybridized carbons (Fsp3) is 0.273. The summed E-state index contributed by atoms with van der Waals surface area (Å²) in [6.07, 6.45) is -0.290. The van der Waals surface area contributed by atoms with Crippen LogP contribution in [0.25, 0.3) is 0 Å². The van der Waals surface area contributed by atoms with Crippen molar-refractivity contribution in [2.24, 2.45) is 0 Å². The number of aliphatic hydroxyl groups excluding tert-OH is 1. The highest BCUT2D eigenvalue weighted by Crippen LogP contribution is 2.38. The first-order chi connectivity index (χ1) is 8.16. The van der Waals surface area contributed by atoms with Crippen LogP contribution in [0.2, 0.25) is 0 Å². The molecule has 6 heteroatoms. The van der Waals surface area contributed by atoms with E-state index in [-0.39, 0.29) is 11.9 Å². The van der Waals surface area contributed by atoms with Crippen molar-refractivity contribution in [3.63, 3.8) is 0 Å². The summed E-state index contributed by atoms with van der Waals surface area (Å²) >= 11 is 3.16. The van der Waals surface area contributed by atoms with Gasteiger partial charge in [0.05, 0.1) is 6.04 Å². The van der Waals surface area contributed by atoms with Crippen LogP contribution in [0, 0.1) is 5.82 Å². The Morgan fingerprint density at radius 1 is 1.41 bits per heavy atom. The average Bonchev–Trinajstić information content (AvgIpc) is 2.80. The second-order valence-electron chi connectivity index (χ2n) is 3.97. The van der Waals surface area contributed by atoms with E-state index in [1.165, 1.54) is 6.07 Å². The van der Waals surface area contributed by atoms with E-state index in [4.69, 9.17) is 0 Å². The second kappa shape index (κ2) is 3.89. The summed E-state index contributed by atoms with van der Waals surface area (Å²) in [6, 6.07) is 6.24. The lowest BCUT2D eigenvalue weighted by molar-refractivity contribution is 0.171. The maximum atomic E-state index is 13.7. The number of aromatic nitrogens is 3. The monoisotopic (exact) mass is 297 g/mol. The molecule has 0 fully saturated rings. The van der Waals surface area contributed by atoms with Gasteiger partial charge in [0.2, 0.25) is 4.73 Å². The molecule has 3 rings (SSSR count). The van der Waals surface area contributed by atoms with E-state index in [1.54, 1.807) is 22.9 Å². The molecule has 1 aliphatic rings. The topological polar surface area (TPSA) is 50.9 Å². The zero-order chi connectivity index (χ0) is 12.0. The van der Waals surface area contributed by atoms with Gasteiger partial charge in [-0.2, -0.15) is 0 Å². The molecule has 2 heterocycles. The van der Waals surface area contributed by atoms with Gasteiger partial charge in [0.1, 0.15) is 11.9 Å². The van der Waals surface area contributed by atoms with Crippen molar-refractivity contribution in [3.05, 3.63) is 46.2 Å². The Morgan fingerprint density at radius 3 is 2.94 bits per heavy atom. The zero-order valence-electron chi connectivity index (χ0n) is 8.72. The first-order valence-electron chi connectivity index (χ1n) is 5.21. The number of fused-ring (bicyclic) bond motifs is 1. The summed E-state index contributed by atoms with van der Waals surface area (Å²) < 4.78 is 15.7. The molecule has 0 bridgehead atoms. The molecule has 2 aromatic rings. The van der Waals surface area contributed by atoms with E-state index in [2.05, 4.69) is 26.0 Å². The van der Waals surface area contributed by atoms with E-state index in [9.17, 15) is 9.50 Å². The van der Waals surface area contributed by atoms with Gasteiger partial charge in [0, 0.05) is 12.0 Å². The molecule has 2 unspecified atom stereocenters. The van der Waals surface area contributed by atoms with Crippen LogP contribution in [0.3, 0.4) is 0 Å². The Morgan fingerprint density at radius 2 is 2.18 bits per heavy atom. The summed E-state index contributed by atoms with van der Waals surface area (Å²) in [4.78, 5) is 4.07. The van der Waals surface area contributed by atoms with Crippen LogP contribution in [0.4, 0.5) is 4.39 Å². The first kappa shape index (κ1) is 10.9. The molecule has 0 spiro atoms. The van der Waals surface area contributed by atoms with Gasteiger partial charge in [-0.05, 0) is 22.0 Å². The second-order valence-corrected chi connectivity index (χ2v) is 4.68. The minimum atomic E-state index is -0.696. The molecule has 1 aliphatic heterocycles. The smallest absolute Gasteiger partial charge is 0.217 e. The predicted octanol–water partition coefficient (Wildman–Crippen LogP) is 2.21. The summed E-state index contributed by atoms with van der Waals surface area (Å²) in [5, 5.41) is 14.0. The molecule has 4 nitrogen and oxygen atoms in total. The largest absolute Gasteiger partial charge is 0.385 e. The number of benzene rings is 1. The molecule has 0 aliphatic carbocycles. The molecule has 88 valence electrons. The Bertz CT molecular complexity index is 572. The van der Waals surface area contributed by atoms with Crippen molar-refractivity contribution in [2.45, 2.75) is 18.6 Å². The molecule has 1 N–H and O–H groups in total. The third-order valence-electron chi connectivity index (χ3n) is 2.94. The molecular formula is C11H9BrFN3O. The lowest BCUT2D eigenvalue weighted by Gasteiger charge is -2.12. The summed E-state index contributed by atoms with van der Waals surface area (Å²) in [6.45, 7) is 0. The van der Waals surface area contributed by atoms with Gasteiger partial charge in [-0.15, -0.1) is 5.10 Å². The fourth-order valence-electron chi connectivity index (χ4n) is 2.19. The third kappa shape index (κ3) is 1.68. The van der Waals surface area contributed by atoms with Crippen LogP contribution in [-0.4, -0.2) is 19.9 Å². The maximum absolute atomic E-state index is 13.7. The van der Waals surface area contributed by atoms with Gasteiger partial charge in [-0.1, -0.05) is 18.2 Å². The van der Waals surface area contributed by atoms with Crippen LogP contribution in [0.5, 0.6) is 0 Å². The van der Waals surface area contributed by atoms with Gasteiger partial charge in [-0.3, -0.25) is 0 Å². The highest BCUT2D eigenvalue weighted by Gasteiger charge is 2.34. The minimum absolute atomic E-state index is 0.288. The van der Waals surface area contributed by atoms with Crippen molar-refractivity contribution >= 4 is 15.9 Å². The van der Waals surface area contributed by atoms with Gasteiger partial charge in [0.15, 0.2) is 5.82 Å². The van der Waals surface area contributed by atoms with Gasteiger partial charge in [-0.25, -0.2) is 14.1 Å². The van der Waals surface area contributed by atoms with E-state index < -0.39 is 6.10 Å². The third-order valence-corrected chi connectivity index (χ3v) is 3.27. The highest BCUT2D eigenvalue weighted by atomic mass is 79.9. The lowest BCUT2D eigenvalue weighted by Crippen LogP contribution is -2.09. The van der Waals surface area contributed by atoms with E-state index in [0.29, 0.717) is 22.5 Å². The molecule has 1 aromatic heterocycles. The van der Waals surface area contributed by atoms with Crippen molar-refractivity contribution in [2.75, 3.05) is 0 Å². The van der Waals surface area contributed by atoms with E-state index in [0.717, 1.165) is 0 Å². The van der Waals surface area contributed by atoms with Crippen LogP contribution >= 0.6 is 15.9 Å². The van der Waals surface area contributed by atoms with Gasteiger partial charge < -0.3 is 5.11 Å². The molecule has 17 heavy (non-hydrogen) atoms. The highest BCUT2D eigenvalue weighted by molar-refractivity contribution is 9.10. The normalized spacial score (nSPS) is 22.8. The standard InChI is InChI=1S/C11H9BrFN3O/c12-11-14-10-9(17)5-8(16(10)15-11)6-3-1-2-4-7(6)13/h1-4,8-9,17H,5H2. The molecule has 0 saturated heterocycles. The van der Waals surface area contributed by atoms with Crippen molar-refractivity contribution in [1.82, 2.24) is 14.8 Å². The first-order valence-corrected chi connectivity index (χ1v) is 6.00. The number of halogens is 2. The van der Waals surface area contributed by atoms with E-state index in [1.807, 2.05) is 0 Å². The quantitative estimate of drug-likeness (QED) is 0.878. The number of hydrogen-bond donors (Lipinski definition) is 1. The SMILES string of the molecule is OC1CC(c2ccccc2F)n2nc(Br)nc21. The molecular weight excluding hydrogens is 289 g/mol. The van der Waals surface area contributed by atoms with Crippen LogP contribution in [0.15, 0.2) is 29.0 Å². The molecule has 0 radical (unpaired) electrons. The van der Waals surface area contributed by atoms with E-state index >= 15 is 0 Å². The Hall–Kier alpha value is -1.27. The van der Waals surface area contributed by atoms with Crippen molar-refractivity contribution in [3.8, 4) is 0 Å². The molecule has 0 saturated carbocycles. The molecule has 2 atom stereocenters. The predicted molar refractivity (Wildman–Crippen MR) is 61.8 cm³/mol. The Labute approximate surface area is 105 Å². The molecule has 1 aromatic carbocycles. The maximum Gasteiger partial charge on any atom is 0.217 e. The zero-order valence-corrected chi connectivity index (χ0v) is 10.3. The number of hydrogen-bond acceptors (Lipinski definition) is 3. The number of rotatable bonds is 1. The van der Waals surface area contributed by atoms with Gasteiger partial charge in [0.25, 0.3) is 0 Å². The number of nitrogens with zero attached hydrogens (tertiary/aromatic N) is 3. The van der Waals surface area contributed by atoms with Crippen molar-refractivity contribution in [1.29, 1.82) is 0 Å². The Balaban J connectivity index is 2.10. The lowest BCUT2D eigenvalue weighted by atomic mass is 10.0. The van der Waals surface area contributed by atoms with Crippen LogP contribution in [0.1, 0.15) is 30.0 Å². The minimum Gasteiger partial charge on any atom is -0.385 e. The Kier molecular flexibility index (Phi) is 2.48. The van der Waals surface area contributed by atoms with Crippen LogP contribution < -0.4 is 0 Å². The summed E-state index contributed by atoms with van der Waals surface area (Å²) in [5.74, 6) is 0.189. The fourth-order valence-corrected chi connectivity index (χ4v) is 2.54. The summed E-state index contributed by atoms with van der Waals surface area (Å²) in [7, 11) is 0. The summed E-state index contributed by atoms with van der Waals surface area (Å²) in [5.41, 5.74) is 0.530. The molecule has 0 amide bonds. The van der Waals surface area contributed by atoms with Crippen LogP contribution in [-0.2, 0) is 0 Å². The number of aliphatic hydroxyl groups is 1. The van der Waals surface area contributed by atoms with Gasteiger partial charge >= 0.3 is 0 Å². The van der Waals surface area contributed by atoms with Crippen molar-refractivity contribution < 1.29 is 9.50 Å².